The van der Waals surface area contributed by atoms with Crippen molar-refractivity contribution in [2.75, 3.05) is 13.2 Å². The summed E-state index contributed by atoms with van der Waals surface area (Å²) in [6.45, 7) is 1.62. The maximum absolute atomic E-state index is 5.95. The number of allylic oxidation sites excluding steroid dienone is 4. The van der Waals surface area contributed by atoms with Crippen molar-refractivity contribution in [3.63, 3.8) is 0 Å². The maximum Gasteiger partial charge on any atom is 0.198 e. The largest absolute Gasteiger partial charge is 0.434 e. The Bertz CT molecular complexity index is 503. The van der Waals surface area contributed by atoms with Crippen LogP contribution in [0.2, 0.25) is 0 Å². The van der Waals surface area contributed by atoms with Crippen LogP contribution in [0.3, 0.4) is 0 Å². The number of thioether (sulfide) groups is 1. The molecule has 0 amide bonds. The van der Waals surface area contributed by atoms with Crippen LogP contribution in [0.15, 0.2) is 37.8 Å². The van der Waals surface area contributed by atoms with Crippen molar-refractivity contribution >= 4 is 23.4 Å². The number of halogens is 1. The first-order chi connectivity index (χ1) is 9.31. The third-order valence-electron chi connectivity index (χ3n) is 3.36. The molecule has 1 saturated heterocycles. The van der Waals surface area contributed by atoms with Crippen LogP contribution >= 0.6 is 23.4 Å². The molecule has 0 spiro atoms. The highest BCUT2D eigenvalue weighted by Gasteiger charge is 2.21. The average Bonchev–Trinajstić information content (AvgIpc) is 2.91. The number of oxazole rings is 1. The van der Waals surface area contributed by atoms with Crippen molar-refractivity contribution in [3.05, 3.63) is 34.2 Å². The van der Waals surface area contributed by atoms with Gasteiger partial charge < -0.3 is 9.15 Å². The topological polar surface area (TPSA) is 35.3 Å². The molecule has 0 atom stereocenters. The Labute approximate surface area is 122 Å². The highest BCUT2D eigenvalue weighted by Crippen LogP contribution is 2.36. The third kappa shape index (κ3) is 3.44. The van der Waals surface area contributed by atoms with Crippen molar-refractivity contribution in [1.29, 1.82) is 0 Å². The SMILES string of the molecule is ClC1=CC=C(Sc2cnc(C3CCOCC3)o2)CC1. The molecular weight excluding hydrogens is 282 g/mol. The van der Waals surface area contributed by atoms with Crippen molar-refractivity contribution in [3.8, 4) is 0 Å². The second-order valence-corrected chi connectivity index (χ2v) is 6.37. The van der Waals surface area contributed by atoms with Gasteiger partial charge in [-0.3, -0.25) is 0 Å². The van der Waals surface area contributed by atoms with Gasteiger partial charge in [0, 0.05) is 24.2 Å². The first kappa shape index (κ1) is 13.3. The van der Waals surface area contributed by atoms with Crippen LogP contribution in [-0.2, 0) is 4.74 Å². The lowest BCUT2D eigenvalue weighted by atomic mass is 10.0. The Morgan fingerprint density at radius 1 is 1.21 bits per heavy atom. The quantitative estimate of drug-likeness (QED) is 0.825. The summed E-state index contributed by atoms with van der Waals surface area (Å²) in [6.07, 6.45) is 9.76. The number of hydrogen-bond donors (Lipinski definition) is 0. The van der Waals surface area contributed by atoms with E-state index in [1.54, 1.807) is 11.8 Å². The minimum absolute atomic E-state index is 0.415. The van der Waals surface area contributed by atoms with Crippen LogP contribution in [0.5, 0.6) is 0 Å². The van der Waals surface area contributed by atoms with Crippen LogP contribution in [0.25, 0.3) is 0 Å². The molecule has 5 heteroatoms. The molecule has 2 heterocycles. The van der Waals surface area contributed by atoms with Gasteiger partial charge in [-0.15, -0.1) is 0 Å². The minimum atomic E-state index is 0.415. The summed E-state index contributed by atoms with van der Waals surface area (Å²) in [5.41, 5.74) is 0. The van der Waals surface area contributed by atoms with Gasteiger partial charge in [-0.25, -0.2) is 4.98 Å². The van der Waals surface area contributed by atoms with E-state index in [0.717, 1.165) is 54.9 Å². The lowest BCUT2D eigenvalue weighted by Gasteiger charge is -2.18. The fourth-order valence-electron chi connectivity index (χ4n) is 2.26. The summed E-state index contributed by atoms with van der Waals surface area (Å²) in [7, 11) is 0. The Hall–Kier alpha value is -0.710. The first-order valence-corrected chi connectivity index (χ1v) is 7.77. The van der Waals surface area contributed by atoms with Gasteiger partial charge in [0.1, 0.15) is 0 Å². The van der Waals surface area contributed by atoms with Gasteiger partial charge in [0.25, 0.3) is 0 Å². The average molecular weight is 298 g/mol. The third-order valence-corrected chi connectivity index (χ3v) is 4.67. The smallest absolute Gasteiger partial charge is 0.198 e. The molecule has 2 aliphatic rings. The van der Waals surface area contributed by atoms with E-state index in [9.17, 15) is 0 Å². The highest BCUT2D eigenvalue weighted by atomic mass is 35.5. The van der Waals surface area contributed by atoms with E-state index in [4.69, 9.17) is 20.8 Å². The van der Waals surface area contributed by atoms with Gasteiger partial charge in [0.2, 0.25) is 0 Å². The minimum Gasteiger partial charge on any atom is -0.434 e. The molecule has 1 fully saturated rings. The number of nitrogens with zero attached hydrogens (tertiary/aromatic N) is 1. The summed E-state index contributed by atoms with van der Waals surface area (Å²) in [6, 6.07) is 0. The Balaban J connectivity index is 1.64. The fraction of sp³-hybridized carbons (Fsp3) is 0.500. The predicted octanol–water partition coefficient (Wildman–Crippen LogP) is 4.46. The lowest BCUT2D eigenvalue weighted by molar-refractivity contribution is 0.0786. The standard InChI is InChI=1S/C14H16ClNO2S/c15-11-1-3-12(4-2-11)19-13-9-16-14(18-13)10-5-7-17-8-6-10/h1,3,9-10H,2,4-8H2. The van der Waals surface area contributed by atoms with Crippen LogP contribution in [-0.4, -0.2) is 18.2 Å². The highest BCUT2D eigenvalue weighted by molar-refractivity contribution is 8.03. The van der Waals surface area contributed by atoms with E-state index in [1.165, 1.54) is 4.91 Å². The molecular formula is C14H16ClNO2S. The zero-order chi connectivity index (χ0) is 13.1. The molecule has 0 radical (unpaired) electrons. The van der Waals surface area contributed by atoms with E-state index >= 15 is 0 Å². The van der Waals surface area contributed by atoms with E-state index in [-0.39, 0.29) is 0 Å². The molecule has 0 bridgehead atoms. The monoisotopic (exact) mass is 297 g/mol. The predicted molar refractivity (Wildman–Crippen MR) is 76.4 cm³/mol. The summed E-state index contributed by atoms with van der Waals surface area (Å²) >= 11 is 7.60. The molecule has 3 rings (SSSR count). The zero-order valence-electron chi connectivity index (χ0n) is 10.6. The van der Waals surface area contributed by atoms with Crippen LogP contribution in [0, 0.1) is 0 Å². The van der Waals surface area contributed by atoms with Crippen molar-refractivity contribution in [2.45, 2.75) is 36.7 Å². The lowest BCUT2D eigenvalue weighted by Crippen LogP contribution is -2.14. The summed E-state index contributed by atoms with van der Waals surface area (Å²) in [4.78, 5) is 5.69. The zero-order valence-corrected chi connectivity index (χ0v) is 12.2. The summed E-state index contributed by atoms with van der Waals surface area (Å²) < 4.78 is 11.2. The maximum atomic E-state index is 5.95. The van der Waals surface area contributed by atoms with Crippen molar-refractivity contribution < 1.29 is 9.15 Å². The second kappa shape index (κ2) is 6.16. The van der Waals surface area contributed by atoms with Crippen LogP contribution < -0.4 is 0 Å². The molecule has 0 aromatic carbocycles. The fourth-order valence-corrected chi connectivity index (χ4v) is 3.25. The molecule has 1 aromatic rings. The van der Waals surface area contributed by atoms with Crippen molar-refractivity contribution in [2.24, 2.45) is 0 Å². The molecule has 1 aromatic heterocycles. The normalized spacial score (nSPS) is 21.1. The molecule has 1 aliphatic carbocycles. The van der Waals surface area contributed by atoms with Crippen molar-refractivity contribution in [1.82, 2.24) is 4.98 Å². The van der Waals surface area contributed by atoms with E-state index in [0.29, 0.717) is 5.92 Å². The van der Waals surface area contributed by atoms with Crippen LogP contribution in [0.4, 0.5) is 0 Å². The van der Waals surface area contributed by atoms with Gasteiger partial charge in [-0.05, 0) is 36.7 Å². The molecule has 1 aliphatic heterocycles. The Morgan fingerprint density at radius 3 is 2.79 bits per heavy atom. The van der Waals surface area contributed by atoms with Gasteiger partial charge in [0.05, 0.1) is 6.20 Å². The number of hydrogen-bond acceptors (Lipinski definition) is 4. The second-order valence-electron chi connectivity index (χ2n) is 4.75. The molecule has 0 unspecified atom stereocenters. The van der Waals surface area contributed by atoms with Crippen LogP contribution in [0.1, 0.15) is 37.5 Å². The van der Waals surface area contributed by atoms with E-state index < -0.39 is 0 Å². The van der Waals surface area contributed by atoms with E-state index in [2.05, 4.69) is 11.1 Å². The number of ether oxygens (including phenoxy) is 1. The molecule has 3 nitrogen and oxygen atoms in total. The molecule has 0 saturated carbocycles. The van der Waals surface area contributed by atoms with Gasteiger partial charge >= 0.3 is 0 Å². The molecule has 19 heavy (non-hydrogen) atoms. The first-order valence-electron chi connectivity index (χ1n) is 6.58. The van der Waals surface area contributed by atoms with Gasteiger partial charge in [0.15, 0.2) is 11.0 Å². The Kier molecular flexibility index (Phi) is 4.31. The number of rotatable bonds is 3. The summed E-state index contributed by atoms with van der Waals surface area (Å²) in [5.74, 6) is 1.27. The van der Waals surface area contributed by atoms with Gasteiger partial charge in [-0.2, -0.15) is 0 Å². The molecule has 102 valence electrons. The molecule has 0 N–H and O–H groups in total. The number of aromatic nitrogens is 1. The van der Waals surface area contributed by atoms with Gasteiger partial charge in [-0.1, -0.05) is 29.4 Å². The van der Waals surface area contributed by atoms with E-state index in [1.807, 2.05) is 12.3 Å². The Morgan fingerprint density at radius 2 is 2.05 bits per heavy atom. The summed E-state index contributed by atoms with van der Waals surface area (Å²) in [5, 5.41) is 1.80.